The van der Waals surface area contributed by atoms with Crippen molar-refractivity contribution in [1.82, 2.24) is 9.66 Å². The molecule has 2 aromatic heterocycles. The van der Waals surface area contributed by atoms with Crippen LogP contribution in [0, 0.1) is 0 Å². The molecular formula is C30H18Br3N3O3. The first-order valence-corrected chi connectivity index (χ1v) is 14.3. The molecule has 0 saturated heterocycles. The van der Waals surface area contributed by atoms with E-state index >= 15 is 0 Å². The molecule has 0 saturated carbocycles. The van der Waals surface area contributed by atoms with E-state index in [0.717, 1.165) is 24.4 Å². The monoisotopic (exact) mass is 705 g/mol. The van der Waals surface area contributed by atoms with Gasteiger partial charge in [-0.15, -0.1) is 0 Å². The Morgan fingerprint density at radius 2 is 1.67 bits per heavy atom. The number of ether oxygens (including phenoxy) is 1. The maximum atomic E-state index is 13.6. The summed E-state index contributed by atoms with van der Waals surface area (Å²) in [5.41, 5.74) is 2.64. The van der Waals surface area contributed by atoms with Gasteiger partial charge in [0.15, 0.2) is 5.76 Å². The Morgan fingerprint density at radius 3 is 2.51 bits per heavy atom. The Balaban J connectivity index is 1.43. The Kier molecular flexibility index (Phi) is 7.20. The van der Waals surface area contributed by atoms with E-state index in [9.17, 15) is 4.79 Å². The van der Waals surface area contributed by atoms with E-state index in [4.69, 9.17) is 14.1 Å². The van der Waals surface area contributed by atoms with Crippen molar-refractivity contribution in [3.63, 3.8) is 0 Å². The Hall–Kier alpha value is -3.53. The number of benzene rings is 4. The van der Waals surface area contributed by atoms with Crippen molar-refractivity contribution >= 4 is 75.9 Å². The van der Waals surface area contributed by atoms with E-state index < -0.39 is 0 Å². The second kappa shape index (κ2) is 10.9. The molecule has 0 aliphatic carbocycles. The highest BCUT2D eigenvalue weighted by atomic mass is 79.9. The van der Waals surface area contributed by atoms with Gasteiger partial charge in [0.25, 0.3) is 5.56 Å². The molecule has 2 heterocycles. The molecule has 0 fully saturated rings. The van der Waals surface area contributed by atoms with Crippen molar-refractivity contribution in [2.24, 2.45) is 5.10 Å². The van der Waals surface area contributed by atoms with Crippen LogP contribution in [0.4, 0.5) is 0 Å². The predicted octanol–water partition coefficient (Wildman–Crippen LogP) is 8.56. The highest BCUT2D eigenvalue weighted by Crippen LogP contribution is 2.28. The lowest BCUT2D eigenvalue weighted by Gasteiger charge is -2.12. The summed E-state index contributed by atoms with van der Waals surface area (Å²) in [5.74, 6) is 1.37. The third-order valence-corrected chi connectivity index (χ3v) is 7.81. The molecule has 6 nitrogen and oxygen atoms in total. The normalized spacial score (nSPS) is 11.6. The molecule has 6 rings (SSSR count). The van der Waals surface area contributed by atoms with Gasteiger partial charge in [0.2, 0.25) is 5.82 Å². The van der Waals surface area contributed by atoms with Crippen LogP contribution >= 0.6 is 47.8 Å². The van der Waals surface area contributed by atoms with Crippen LogP contribution in [0.5, 0.6) is 5.75 Å². The molecule has 0 amide bonds. The lowest BCUT2D eigenvalue weighted by Crippen LogP contribution is -2.20. The van der Waals surface area contributed by atoms with Crippen LogP contribution in [0.15, 0.2) is 119 Å². The highest BCUT2D eigenvalue weighted by molar-refractivity contribution is 9.11. The van der Waals surface area contributed by atoms with Crippen LogP contribution in [0.2, 0.25) is 0 Å². The van der Waals surface area contributed by atoms with Crippen molar-refractivity contribution in [3.05, 3.63) is 126 Å². The molecular weight excluding hydrogens is 690 g/mol. The first-order chi connectivity index (χ1) is 19.0. The molecule has 0 bridgehead atoms. The minimum absolute atomic E-state index is 0.302. The first kappa shape index (κ1) is 25.7. The minimum Gasteiger partial charge on any atom is -0.488 e. The second-order valence-corrected chi connectivity index (χ2v) is 11.4. The molecule has 0 atom stereocenters. The molecule has 39 heavy (non-hydrogen) atoms. The van der Waals surface area contributed by atoms with Crippen molar-refractivity contribution in [2.45, 2.75) is 6.61 Å². The molecule has 192 valence electrons. The highest BCUT2D eigenvalue weighted by Gasteiger charge is 2.16. The number of halogens is 3. The number of hydrogen-bond acceptors (Lipinski definition) is 5. The Morgan fingerprint density at radius 1 is 0.897 bits per heavy atom. The van der Waals surface area contributed by atoms with Crippen LogP contribution in [0.25, 0.3) is 33.5 Å². The van der Waals surface area contributed by atoms with Crippen molar-refractivity contribution in [1.29, 1.82) is 0 Å². The molecule has 0 aliphatic heterocycles. The number of para-hydroxylation sites is 2. The lowest BCUT2D eigenvalue weighted by atomic mass is 10.2. The van der Waals surface area contributed by atoms with Gasteiger partial charge in [0, 0.05) is 29.9 Å². The molecule has 0 aliphatic rings. The quantitative estimate of drug-likeness (QED) is 0.163. The average Bonchev–Trinajstić information content (AvgIpc) is 3.37. The van der Waals surface area contributed by atoms with Gasteiger partial charge in [-0.3, -0.25) is 4.79 Å². The van der Waals surface area contributed by atoms with Crippen LogP contribution in [-0.4, -0.2) is 15.9 Å². The van der Waals surface area contributed by atoms with Crippen LogP contribution in [0.1, 0.15) is 11.1 Å². The van der Waals surface area contributed by atoms with Gasteiger partial charge < -0.3 is 9.15 Å². The summed E-state index contributed by atoms with van der Waals surface area (Å²) in [5, 5.41) is 5.97. The second-order valence-electron chi connectivity index (χ2n) is 8.67. The molecule has 6 aromatic rings. The largest absolute Gasteiger partial charge is 0.488 e. The molecule has 4 aromatic carbocycles. The smallest absolute Gasteiger partial charge is 0.282 e. The summed E-state index contributed by atoms with van der Waals surface area (Å²) in [6.07, 6.45) is 1.60. The van der Waals surface area contributed by atoms with E-state index in [2.05, 4.69) is 52.9 Å². The summed E-state index contributed by atoms with van der Waals surface area (Å²) < 4.78 is 16.3. The molecule has 0 unspecified atom stereocenters. The minimum atomic E-state index is -0.302. The zero-order valence-corrected chi connectivity index (χ0v) is 24.9. The fourth-order valence-corrected chi connectivity index (χ4v) is 5.69. The van der Waals surface area contributed by atoms with E-state index in [1.54, 1.807) is 24.4 Å². The number of furan rings is 1. The number of fused-ring (bicyclic) bond motifs is 2. The van der Waals surface area contributed by atoms with Gasteiger partial charge in [-0.1, -0.05) is 84.2 Å². The van der Waals surface area contributed by atoms with Crippen molar-refractivity contribution in [3.8, 4) is 17.3 Å². The number of nitrogens with zero attached hydrogens (tertiary/aromatic N) is 3. The number of rotatable bonds is 6. The van der Waals surface area contributed by atoms with Gasteiger partial charge in [0.05, 0.1) is 17.1 Å². The topological polar surface area (TPSA) is 69.6 Å². The zero-order chi connectivity index (χ0) is 26.9. The zero-order valence-electron chi connectivity index (χ0n) is 20.1. The van der Waals surface area contributed by atoms with Crippen molar-refractivity contribution < 1.29 is 9.15 Å². The van der Waals surface area contributed by atoms with E-state index in [1.807, 2.05) is 72.8 Å². The standard InChI is InChI=1S/C30H18Br3N3O3/c31-21-11-12-26(38-17-19-9-10-22(32)15-24(19)33)20(13-21)16-34-36-29(28-14-18-5-1-4-8-27(18)39-28)35-25-7-3-2-6-23(25)30(36)37/h1-16H,17H2. The van der Waals surface area contributed by atoms with Crippen LogP contribution in [-0.2, 0) is 6.61 Å². The van der Waals surface area contributed by atoms with E-state index in [1.165, 1.54) is 4.68 Å². The van der Waals surface area contributed by atoms with Gasteiger partial charge in [-0.25, -0.2) is 4.98 Å². The predicted molar refractivity (Wildman–Crippen MR) is 165 cm³/mol. The lowest BCUT2D eigenvalue weighted by molar-refractivity contribution is 0.305. The summed E-state index contributed by atoms with van der Waals surface area (Å²) in [6.45, 7) is 0.345. The summed E-state index contributed by atoms with van der Waals surface area (Å²) in [7, 11) is 0. The fourth-order valence-electron chi connectivity index (χ4n) is 4.15. The molecule has 0 N–H and O–H groups in total. The molecule has 9 heteroatoms. The van der Waals surface area contributed by atoms with Gasteiger partial charge in [-0.05, 0) is 54.6 Å². The van der Waals surface area contributed by atoms with Gasteiger partial charge in [-0.2, -0.15) is 9.78 Å². The third kappa shape index (κ3) is 5.34. The molecule has 0 radical (unpaired) electrons. The third-order valence-electron chi connectivity index (χ3n) is 6.08. The van der Waals surface area contributed by atoms with Gasteiger partial charge >= 0.3 is 0 Å². The van der Waals surface area contributed by atoms with Crippen LogP contribution < -0.4 is 10.3 Å². The summed E-state index contributed by atoms with van der Waals surface area (Å²) in [4.78, 5) is 18.4. The Bertz CT molecular complexity index is 1910. The molecule has 0 spiro atoms. The number of hydrogen-bond donors (Lipinski definition) is 0. The van der Waals surface area contributed by atoms with E-state index in [-0.39, 0.29) is 5.56 Å². The fraction of sp³-hybridized carbons (Fsp3) is 0.0333. The summed E-state index contributed by atoms with van der Waals surface area (Å²) in [6, 6.07) is 28.3. The van der Waals surface area contributed by atoms with E-state index in [0.29, 0.717) is 46.0 Å². The average molecular weight is 708 g/mol. The van der Waals surface area contributed by atoms with Crippen LogP contribution in [0.3, 0.4) is 0 Å². The summed E-state index contributed by atoms with van der Waals surface area (Å²) >= 11 is 10.6. The maximum absolute atomic E-state index is 13.6. The number of aromatic nitrogens is 2. The Labute approximate surface area is 248 Å². The van der Waals surface area contributed by atoms with Gasteiger partial charge in [0.1, 0.15) is 17.9 Å². The maximum Gasteiger partial charge on any atom is 0.282 e. The first-order valence-electron chi connectivity index (χ1n) is 11.9. The SMILES string of the molecule is O=c1c2ccccc2nc(-c2cc3ccccc3o2)n1N=Cc1cc(Br)ccc1OCc1ccc(Br)cc1Br. The van der Waals surface area contributed by atoms with Crippen molar-refractivity contribution in [2.75, 3.05) is 0 Å².